The van der Waals surface area contributed by atoms with Crippen molar-refractivity contribution in [2.45, 2.75) is 37.1 Å². The van der Waals surface area contributed by atoms with Crippen molar-refractivity contribution in [1.29, 1.82) is 0 Å². The van der Waals surface area contributed by atoms with Gasteiger partial charge < -0.3 is 25.0 Å². The number of rotatable bonds is 10. The molecular weight excluding hydrogens is 601 g/mol. The summed E-state index contributed by atoms with van der Waals surface area (Å²) in [7, 11) is 0. The Morgan fingerprint density at radius 2 is 1.60 bits per heavy atom. The molecule has 3 N–H and O–H groups in total. The molecule has 4 aromatic rings. The third-order valence-corrected chi connectivity index (χ3v) is 6.94. The Morgan fingerprint density at radius 1 is 0.978 bits per heavy atom. The lowest BCUT2D eigenvalue weighted by atomic mass is 10.1. The van der Waals surface area contributed by atoms with Crippen LogP contribution in [0.25, 0.3) is 11.2 Å². The molecule has 0 spiro atoms. The number of imide groups is 1. The molecule has 3 amide bonds. The van der Waals surface area contributed by atoms with Gasteiger partial charge in [-0.1, -0.05) is 36.4 Å². The van der Waals surface area contributed by atoms with Gasteiger partial charge in [0.1, 0.15) is 24.6 Å². The smallest absolute Gasteiger partial charge is 0.394 e. The molecule has 2 aromatic heterocycles. The fourth-order valence-electron chi connectivity index (χ4n) is 4.76. The van der Waals surface area contributed by atoms with Gasteiger partial charge in [-0.25, -0.2) is 19.9 Å². The molecule has 1 aliphatic heterocycles. The van der Waals surface area contributed by atoms with E-state index in [1.807, 2.05) is 0 Å². The Bertz CT molecular complexity index is 1600. The van der Waals surface area contributed by atoms with Crippen LogP contribution in [-0.2, 0) is 14.3 Å². The van der Waals surface area contributed by atoms with Gasteiger partial charge in [-0.15, -0.1) is 0 Å². The molecule has 0 bridgehead atoms. The van der Waals surface area contributed by atoms with E-state index in [2.05, 4.69) is 15.0 Å². The summed E-state index contributed by atoms with van der Waals surface area (Å²) in [6, 6.07) is 16.2. The van der Waals surface area contributed by atoms with Crippen molar-refractivity contribution in [3.8, 4) is 0 Å². The second kappa shape index (κ2) is 13.5. The van der Waals surface area contributed by atoms with Crippen LogP contribution in [0.3, 0.4) is 0 Å². The first-order chi connectivity index (χ1) is 21.6. The van der Waals surface area contributed by atoms with Crippen LogP contribution in [-0.4, -0.2) is 91.7 Å². The zero-order valence-corrected chi connectivity index (χ0v) is 23.4. The van der Waals surface area contributed by atoms with Crippen LogP contribution in [0.5, 0.6) is 0 Å². The van der Waals surface area contributed by atoms with Crippen LogP contribution in [0.4, 0.5) is 19.0 Å². The van der Waals surface area contributed by atoms with Gasteiger partial charge in [0.05, 0.1) is 12.9 Å². The number of carbonyl (C=O) groups excluding carboxylic acids is 3. The molecular formula is C29H27F3N6O7. The number of fused-ring (bicyclic) bond motifs is 1. The number of alkyl halides is 3. The van der Waals surface area contributed by atoms with Gasteiger partial charge in [0.25, 0.3) is 11.8 Å². The van der Waals surface area contributed by atoms with Crippen LogP contribution in [0.1, 0.15) is 33.4 Å². The van der Waals surface area contributed by atoms with Crippen molar-refractivity contribution in [1.82, 2.24) is 24.8 Å². The van der Waals surface area contributed by atoms with Crippen molar-refractivity contribution < 1.29 is 47.2 Å². The second-order valence-corrected chi connectivity index (χ2v) is 9.88. The molecule has 16 heteroatoms. The summed E-state index contributed by atoms with van der Waals surface area (Å²) in [6.45, 7) is -1.12. The maximum absolute atomic E-state index is 13.7. The van der Waals surface area contributed by atoms with Crippen molar-refractivity contribution in [3.05, 3.63) is 84.4 Å². The van der Waals surface area contributed by atoms with E-state index in [-0.39, 0.29) is 47.7 Å². The van der Waals surface area contributed by atoms with Crippen molar-refractivity contribution in [2.24, 2.45) is 0 Å². The zero-order valence-electron chi connectivity index (χ0n) is 23.4. The number of nitrogens with one attached hydrogen (secondary N) is 1. The van der Waals surface area contributed by atoms with Gasteiger partial charge in [-0.2, -0.15) is 13.2 Å². The summed E-state index contributed by atoms with van der Waals surface area (Å²) in [6.07, 6.45) is -7.41. The molecule has 0 aliphatic carbocycles. The molecule has 4 atom stereocenters. The molecule has 45 heavy (non-hydrogen) atoms. The third-order valence-electron chi connectivity index (χ3n) is 6.94. The molecule has 3 heterocycles. The lowest BCUT2D eigenvalue weighted by Gasteiger charge is -2.23. The Hall–Kier alpha value is -4.77. The molecule has 236 valence electrons. The summed E-state index contributed by atoms with van der Waals surface area (Å²) in [4.78, 5) is 52.2. The maximum atomic E-state index is 13.7. The number of anilines is 1. The number of aliphatic hydroxyl groups excluding tert-OH is 2. The van der Waals surface area contributed by atoms with E-state index in [1.54, 1.807) is 66.0 Å². The fraction of sp³-hybridized carbons (Fsp3) is 0.310. The Balaban J connectivity index is 1.45. The topological polar surface area (TPSA) is 169 Å². The van der Waals surface area contributed by atoms with E-state index >= 15 is 0 Å². The van der Waals surface area contributed by atoms with E-state index in [4.69, 9.17) is 9.47 Å². The Morgan fingerprint density at radius 3 is 2.18 bits per heavy atom. The summed E-state index contributed by atoms with van der Waals surface area (Å²) in [5, 5.41) is 22.3. The average Bonchev–Trinajstić information content (AvgIpc) is 3.62. The predicted octanol–water partition coefficient (Wildman–Crippen LogP) is 2.02. The van der Waals surface area contributed by atoms with Crippen LogP contribution in [0.2, 0.25) is 0 Å². The van der Waals surface area contributed by atoms with E-state index in [0.717, 1.165) is 11.2 Å². The average molecular weight is 629 g/mol. The van der Waals surface area contributed by atoms with Crippen molar-refractivity contribution in [2.75, 3.05) is 24.7 Å². The van der Waals surface area contributed by atoms with E-state index < -0.39 is 55.0 Å². The first-order valence-corrected chi connectivity index (χ1v) is 13.7. The van der Waals surface area contributed by atoms with Crippen LogP contribution in [0.15, 0.2) is 73.3 Å². The highest BCUT2D eigenvalue weighted by Crippen LogP contribution is 2.35. The second-order valence-electron chi connectivity index (χ2n) is 9.88. The predicted molar refractivity (Wildman–Crippen MR) is 150 cm³/mol. The van der Waals surface area contributed by atoms with Gasteiger partial charge in [-0.05, 0) is 30.7 Å². The third kappa shape index (κ3) is 6.68. The molecule has 0 radical (unpaired) electrons. The van der Waals surface area contributed by atoms with Crippen LogP contribution in [0, 0.1) is 0 Å². The minimum absolute atomic E-state index is 0.0311. The van der Waals surface area contributed by atoms with Crippen molar-refractivity contribution >= 4 is 34.7 Å². The number of halogens is 3. The van der Waals surface area contributed by atoms with Gasteiger partial charge in [-0.3, -0.25) is 19.0 Å². The molecule has 13 nitrogen and oxygen atoms in total. The summed E-state index contributed by atoms with van der Waals surface area (Å²) >= 11 is 0. The zero-order chi connectivity index (χ0) is 32.1. The molecule has 1 fully saturated rings. The normalized spacial score (nSPS) is 19.8. The molecule has 1 aliphatic rings. The lowest BCUT2D eigenvalue weighted by Crippen LogP contribution is -2.38. The molecule has 0 unspecified atom stereocenters. The number of hydrogen-bond donors (Lipinski definition) is 3. The highest BCUT2D eigenvalue weighted by molar-refractivity contribution is 6.27. The minimum atomic E-state index is -5.02. The number of amides is 3. The van der Waals surface area contributed by atoms with Crippen LogP contribution >= 0.6 is 0 Å². The lowest BCUT2D eigenvalue weighted by molar-refractivity contribution is -0.173. The van der Waals surface area contributed by atoms with Crippen LogP contribution < -0.4 is 10.2 Å². The number of imidazole rings is 1. The Kier molecular flexibility index (Phi) is 9.48. The summed E-state index contributed by atoms with van der Waals surface area (Å²) in [5.74, 6) is -3.57. The number of carbonyl (C=O) groups is 3. The molecule has 1 saturated heterocycles. The number of aliphatic hydroxyl groups is 2. The van der Waals surface area contributed by atoms with E-state index in [9.17, 15) is 37.8 Å². The number of nitrogens with zero attached hydrogens (tertiary/aromatic N) is 5. The van der Waals surface area contributed by atoms with Gasteiger partial charge >= 0.3 is 12.1 Å². The maximum Gasteiger partial charge on any atom is 0.471 e. The minimum Gasteiger partial charge on any atom is -0.394 e. The van der Waals surface area contributed by atoms with E-state index in [0.29, 0.717) is 0 Å². The highest BCUT2D eigenvalue weighted by atomic mass is 19.4. The SMILES string of the molecule is O=C(c1ccccc1)N(C(=O)c1ccccc1)c1ncnc2c1ncn2[C@@H]1O[C@H](CO)[C@@H](O)[C@H]1OCCCNC(=O)C(F)(F)F. The van der Waals surface area contributed by atoms with Crippen molar-refractivity contribution in [3.63, 3.8) is 0 Å². The van der Waals surface area contributed by atoms with Gasteiger partial charge in [0, 0.05) is 24.3 Å². The van der Waals surface area contributed by atoms with Gasteiger partial charge in [0.2, 0.25) is 0 Å². The largest absolute Gasteiger partial charge is 0.471 e. The first-order valence-electron chi connectivity index (χ1n) is 13.7. The molecule has 5 rings (SSSR count). The van der Waals surface area contributed by atoms with E-state index in [1.165, 1.54) is 10.9 Å². The number of ether oxygens (including phenoxy) is 2. The monoisotopic (exact) mass is 628 g/mol. The molecule has 0 saturated carbocycles. The number of hydrogen-bond acceptors (Lipinski definition) is 10. The standard InChI is InChI=1S/C29H27F3N6O7/c30-29(31,32)28(43)33-12-7-13-44-22-21(40)19(14-39)45-27(22)37-16-36-20-23(37)34-15-35-24(20)38(25(41)17-8-3-1-4-9-17)26(42)18-10-5-2-6-11-18/h1-6,8-11,15-16,19,21-22,27,39-40H,7,12-14H2,(H,33,43)/t19-,21-,22-,27-/m1/s1. The fourth-order valence-corrected chi connectivity index (χ4v) is 4.76. The van der Waals surface area contributed by atoms with Gasteiger partial charge in [0.15, 0.2) is 23.2 Å². The highest BCUT2D eigenvalue weighted by Gasteiger charge is 2.46. The Labute approximate surface area is 253 Å². The molecule has 2 aromatic carbocycles. The summed E-state index contributed by atoms with van der Waals surface area (Å²) < 4.78 is 50.3. The number of aromatic nitrogens is 4. The number of benzene rings is 2. The quantitative estimate of drug-likeness (QED) is 0.175. The summed E-state index contributed by atoms with van der Waals surface area (Å²) in [5.41, 5.74) is 0.542. The first kappa shape index (κ1) is 31.6.